The molecule has 2 aliphatic rings. The molecule has 0 spiro atoms. The molecule has 5 rings (SSSR count). The zero-order chi connectivity index (χ0) is 25.4. The second-order valence-electron chi connectivity index (χ2n) is 9.22. The molecule has 0 saturated carbocycles. The standard InChI is InChI=1S/C24H28ClN5O4S2/c1-2-3-8-21-26-23(22-17-6-4-5-7-20(17)35-24(22)27-21)28-11-13-29(14-12-28)36(33,34)16-9-10-18(25)19(15-16)30(31)32/h9-10,15H,2-8,11-14H2,1H3. The number of thiophene rings is 1. The third-order valence-corrected chi connectivity index (χ3v) is 10.3. The molecule has 192 valence electrons. The molecule has 0 N–H and O–H groups in total. The second kappa shape index (κ2) is 10.2. The molecule has 1 saturated heterocycles. The molecule has 3 aromatic rings. The summed E-state index contributed by atoms with van der Waals surface area (Å²) >= 11 is 7.66. The lowest BCUT2D eigenvalue weighted by atomic mass is 9.97. The highest BCUT2D eigenvalue weighted by Gasteiger charge is 2.32. The van der Waals surface area contributed by atoms with Crippen molar-refractivity contribution >= 4 is 54.7 Å². The van der Waals surface area contributed by atoms with Crippen LogP contribution in [0.3, 0.4) is 0 Å². The molecule has 0 bridgehead atoms. The summed E-state index contributed by atoms with van der Waals surface area (Å²) in [7, 11) is -3.89. The van der Waals surface area contributed by atoms with E-state index in [-0.39, 0.29) is 23.0 Å². The van der Waals surface area contributed by atoms with Gasteiger partial charge >= 0.3 is 0 Å². The molecule has 12 heteroatoms. The summed E-state index contributed by atoms with van der Waals surface area (Å²) in [5.74, 6) is 1.77. The van der Waals surface area contributed by atoms with E-state index in [0.29, 0.717) is 13.1 Å². The van der Waals surface area contributed by atoms with Gasteiger partial charge in [0.25, 0.3) is 5.69 Å². The Morgan fingerprint density at radius 3 is 2.61 bits per heavy atom. The van der Waals surface area contributed by atoms with Crippen molar-refractivity contribution in [3.05, 3.63) is 49.6 Å². The van der Waals surface area contributed by atoms with Crippen molar-refractivity contribution in [1.82, 2.24) is 14.3 Å². The molecular weight excluding hydrogens is 522 g/mol. The van der Waals surface area contributed by atoms with Gasteiger partial charge in [-0.15, -0.1) is 11.3 Å². The monoisotopic (exact) mass is 549 g/mol. The Kier molecular flexibility index (Phi) is 7.17. The SMILES string of the molecule is CCCCc1nc(N2CCN(S(=O)(=O)c3ccc(Cl)c([N+](=O)[O-])c3)CC2)c2c3c(sc2n1)CCCC3. The number of piperazine rings is 1. The minimum atomic E-state index is -3.89. The van der Waals surface area contributed by atoms with E-state index in [1.54, 1.807) is 11.3 Å². The van der Waals surface area contributed by atoms with Gasteiger partial charge in [-0.2, -0.15) is 4.31 Å². The Balaban J connectivity index is 1.43. The fourth-order valence-corrected chi connectivity index (χ4v) is 7.84. The number of benzene rings is 1. The Morgan fingerprint density at radius 2 is 1.89 bits per heavy atom. The zero-order valence-electron chi connectivity index (χ0n) is 20.1. The van der Waals surface area contributed by atoms with Crippen molar-refractivity contribution in [2.75, 3.05) is 31.1 Å². The zero-order valence-corrected chi connectivity index (χ0v) is 22.5. The predicted octanol–water partition coefficient (Wildman–Crippen LogP) is 4.99. The van der Waals surface area contributed by atoms with Crippen molar-refractivity contribution in [3.63, 3.8) is 0 Å². The second-order valence-corrected chi connectivity index (χ2v) is 12.6. The summed E-state index contributed by atoms with van der Waals surface area (Å²) in [6, 6.07) is 3.62. The summed E-state index contributed by atoms with van der Waals surface area (Å²) in [5, 5.41) is 12.3. The van der Waals surface area contributed by atoms with Crippen LogP contribution in [0.1, 0.15) is 48.9 Å². The Hall–Kier alpha value is -2.34. The summed E-state index contributed by atoms with van der Waals surface area (Å²) < 4.78 is 27.9. The number of hydrogen-bond donors (Lipinski definition) is 0. The average molecular weight is 550 g/mol. The number of nitrogens with zero attached hydrogens (tertiary/aromatic N) is 5. The Labute approximate surface area is 219 Å². The predicted molar refractivity (Wildman–Crippen MR) is 142 cm³/mol. The lowest BCUT2D eigenvalue weighted by Gasteiger charge is -2.35. The highest BCUT2D eigenvalue weighted by molar-refractivity contribution is 7.89. The van der Waals surface area contributed by atoms with Gasteiger partial charge in [-0.05, 0) is 49.8 Å². The quantitative estimate of drug-likeness (QED) is 0.302. The van der Waals surface area contributed by atoms with Gasteiger partial charge in [0.05, 0.1) is 15.2 Å². The summed E-state index contributed by atoms with van der Waals surface area (Å²) in [5.41, 5.74) is 0.948. The summed E-state index contributed by atoms with van der Waals surface area (Å²) in [6.07, 6.45) is 7.39. The largest absolute Gasteiger partial charge is 0.353 e. The van der Waals surface area contributed by atoms with Crippen molar-refractivity contribution in [1.29, 1.82) is 0 Å². The number of aryl methyl sites for hydroxylation is 3. The molecule has 1 aromatic carbocycles. The van der Waals surface area contributed by atoms with Crippen LogP contribution in [-0.2, 0) is 29.3 Å². The smallest absolute Gasteiger partial charge is 0.289 e. The van der Waals surface area contributed by atoms with Gasteiger partial charge < -0.3 is 4.90 Å². The van der Waals surface area contributed by atoms with Crippen LogP contribution in [0.4, 0.5) is 11.5 Å². The topological polar surface area (TPSA) is 110 Å². The van der Waals surface area contributed by atoms with Crippen LogP contribution in [-0.4, -0.2) is 53.8 Å². The maximum atomic E-state index is 13.3. The molecule has 1 fully saturated rings. The van der Waals surface area contributed by atoms with Gasteiger partial charge in [0.1, 0.15) is 21.5 Å². The molecule has 3 heterocycles. The van der Waals surface area contributed by atoms with Gasteiger partial charge in [-0.1, -0.05) is 24.9 Å². The van der Waals surface area contributed by atoms with Crippen LogP contribution in [0.15, 0.2) is 23.1 Å². The first-order valence-electron chi connectivity index (χ1n) is 12.3. The molecule has 0 atom stereocenters. The van der Waals surface area contributed by atoms with E-state index < -0.39 is 20.6 Å². The lowest BCUT2D eigenvalue weighted by molar-refractivity contribution is -0.384. The van der Waals surface area contributed by atoms with Gasteiger partial charge in [0, 0.05) is 43.5 Å². The number of unbranched alkanes of at least 4 members (excludes halogenated alkanes) is 1. The number of nitro benzene ring substituents is 1. The van der Waals surface area contributed by atoms with E-state index in [0.717, 1.165) is 66.5 Å². The number of nitro groups is 1. The first-order chi connectivity index (χ1) is 17.3. The molecule has 0 amide bonds. The highest BCUT2D eigenvalue weighted by atomic mass is 35.5. The Morgan fingerprint density at radius 1 is 1.14 bits per heavy atom. The number of anilines is 1. The van der Waals surface area contributed by atoms with Crippen molar-refractivity contribution in [2.24, 2.45) is 0 Å². The summed E-state index contributed by atoms with van der Waals surface area (Å²) in [4.78, 5) is 25.0. The van der Waals surface area contributed by atoms with Crippen LogP contribution in [0.5, 0.6) is 0 Å². The van der Waals surface area contributed by atoms with Gasteiger partial charge in [-0.25, -0.2) is 18.4 Å². The first kappa shape index (κ1) is 25.3. The van der Waals surface area contributed by atoms with E-state index in [9.17, 15) is 18.5 Å². The first-order valence-corrected chi connectivity index (χ1v) is 14.9. The maximum absolute atomic E-state index is 13.3. The number of rotatable bonds is 7. The molecule has 36 heavy (non-hydrogen) atoms. The molecule has 0 unspecified atom stereocenters. The number of hydrogen-bond acceptors (Lipinski definition) is 8. The fourth-order valence-electron chi connectivity index (χ4n) is 4.94. The average Bonchev–Trinajstić information content (AvgIpc) is 3.25. The van der Waals surface area contributed by atoms with Crippen molar-refractivity contribution in [2.45, 2.75) is 56.8 Å². The van der Waals surface area contributed by atoms with E-state index in [2.05, 4.69) is 11.8 Å². The highest BCUT2D eigenvalue weighted by Crippen LogP contribution is 2.40. The van der Waals surface area contributed by atoms with Crippen LogP contribution in [0.2, 0.25) is 5.02 Å². The van der Waals surface area contributed by atoms with E-state index in [4.69, 9.17) is 21.6 Å². The van der Waals surface area contributed by atoms with Crippen molar-refractivity contribution < 1.29 is 13.3 Å². The maximum Gasteiger partial charge on any atom is 0.289 e. The summed E-state index contributed by atoms with van der Waals surface area (Å²) in [6.45, 7) is 3.65. The third kappa shape index (κ3) is 4.69. The Bertz CT molecular complexity index is 1420. The lowest BCUT2D eigenvalue weighted by Crippen LogP contribution is -2.49. The number of fused-ring (bicyclic) bond motifs is 3. The van der Waals surface area contributed by atoms with E-state index >= 15 is 0 Å². The van der Waals surface area contributed by atoms with Crippen LogP contribution < -0.4 is 4.90 Å². The van der Waals surface area contributed by atoms with Gasteiger partial charge in [0.15, 0.2) is 0 Å². The molecule has 2 aromatic heterocycles. The van der Waals surface area contributed by atoms with Gasteiger partial charge in [0.2, 0.25) is 10.0 Å². The molecule has 1 aliphatic heterocycles. The fraction of sp³-hybridized carbons (Fsp3) is 0.500. The third-order valence-electron chi connectivity index (χ3n) is 6.89. The molecular formula is C24H28ClN5O4S2. The van der Waals surface area contributed by atoms with Crippen molar-refractivity contribution in [3.8, 4) is 0 Å². The minimum Gasteiger partial charge on any atom is -0.353 e. The van der Waals surface area contributed by atoms with E-state index in [1.165, 1.54) is 33.3 Å². The molecule has 9 nitrogen and oxygen atoms in total. The van der Waals surface area contributed by atoms with Crippen LogP contribution in [0.25, 0.3) is 10.2 Å². The number of halogens is 1. The van der Waals surface area contributed by atoms with Crippen LogP contribution in [0, 0.1) is 10.1 Å². The number of aromatic nitrogens is 2. The molecule has 1 aliphatic carbocycles. The normalized spacial score (nSPS) is 16.9. The molecule has 0 radical (unpaired) electrons. The van der Waals surface area contributed by atoms with Gasteiger partial charge in [-0.3, -0.25) is 10.1 Å². The van der Waals surface area contributed by atoms with Crippen LogP contribution >= 0.6 is 22.9 Å². The van der Waals surface area contributed by atoms with E-state index in [1.807, 2.05) is 0 Å². The minimum absolute atomic E-state index is 0.0884. The number of sulfonamides is 1.